The van der Waals surface area contributed by atoms with E-state index in [9.17, 15) is 9.18 Å². The van der Waals surface area contributed by atoms with Gasteiger partial charge in [0.15, 0.2) is 5.50 Å². The van der Waals surface area contributed by atoms with Crippen molar-refractivity contribution in [2.45, 2.75) is 25.4 Å². The van der Waals surface area contributed by atoms with Gasteiger partial charge in [0, 0.05) is 5.69 Å². The molecule has 0 spiro atoms. The molecule has 0 saturated carbocycles. The number of benzene rings is 3. The van der Waals surface area contributed by atoms with Crippen molar-refractivity contribution in [3.8, 4) is 5.75 Å². The lowest BCUT2D eigenvalue weighted by Crippen LogP contribution is -2.30. The molecule has 0 unspecified atom stereocenters. The number of thioether (sulfide) groups is 1. The summed E-state index contributed by atoms with van der Waals surface area (Å²) in [5, 5.41) is 6.28. The van der Waals surface area contributed by atoms with E-state index in [0.717, 1.165) is 27.7 Å². The van der Waals surface area contributed by atoms with Crippen LogP contribution in [0.3, 0.4) is 0 Å². The first-order valence-electron chi connectivity index (χ1n) is 10.2. The standard InChI is InChI=1S/C25H22BrFN2O2S/c1-2-16-6-9-20(10-7-16)28-25-29-24(30)23(32-25)14-17-8-11-22(21(26)13-17)31-15-18-4-3-5-19(27)12-18/h3-14,25,28H,2,15H2,1H3,(H,29,30)/b23-14-/t25-/m1/s1. The third-order valence-electron chi connectivity index (χ3n) is 4.93. The molecule has 32 heavy (non-hydrogen) atoms. The maximum absolute atomic E-state index is 13.3. The van der Waals surface area contributed by atoms with Crippen molar-refractivity contribution in [2.75, 3.05) is 5.32 Å². The topological polar surface area (TPSA) is 50.4 Å². The Balaban J connectivity index is 1.39. The minimum atomic E-state index is -0.287. The zero-order chi connectivity index (χ0) is 22.5. The van der Waals surface area contributed by atoms with Gasteiger partial charge in [0.1, 0.15) is 18.2 Å². The van der Waals surface area contributed by atoms with E-state index in [-0.39, 0.29) is 23.8 Å². The van der Waals surface area contributed by atoms with E-state index in [1.54, 1.807) is 6.07 Å². The Morgan fingerprint density at radius 3 is 2.66 bits per heavy atom. The molecule has 3 aromatic carbocycles. The molecule has 1 saturated heterocycles. The summed E-state index contributed by atoms with van der Waals surface area (Å²) in [6.07, 6.45) is 2.84. The minimum Gasteiger partial charge on any atom is -0.488 e. The van der Waals surface area contributed by atoms with E-state index >= 15 is 0 Å². The minimum absolute atomic E-state index is 0.111. The highest BCUT2D eigenvalue weighted by Gasteiger charge is 2.27. The van der Waals surface area contributed by atoms with E-state index < -0.39 is 0 Å². The number of carbonyl (C=O) groups is 1. The molecule has 1 fully saturated rings. The number of anilines is 1. The van der Waals surface area contributed by atoms with Gasteiger partial charge in [0.2, 0.25) is 0 Å². The Hall–Kier alpha value is -2.77. The van der Waals surface area contributed by atoms with E-state index in [0.29, 0.717) is 10.7 Å². The lowest BCUT2D eigenvalue weighted by molar-refractivity contribution is -0.116. The number of amides is 1. The molecule has 1 atom stereocenters. The second-order valence-electron chi connectivity index (χ2n) is 7.28. The molecule has 1 amide bonds. The van der Waals surface area contributed by atoms with E-state index in [1.165, 1.54) is 29.5 Å². The largest absolute Gasteiger partial charge is 0.488 e. The summed E-state index contributed by atoms with van der Waals surface area (Å²) in [6.45, 7) is 2.38. The molecule has 7 heteroatoms. The van der Waals surface area contributed by atoms with Crippen LogP contribution in [-0.4, -0.2) is 11.4 Å². The maximum atomic E-state index is 13.3. The van der Waals surface area contributed by atoms with Crippen molar-refractivity contribution in [1.29, 1.82) is 0 Å². The van der Waals surface area contributed by atoms with Crippen LogP contribution in [0.25, 0.3) is 6.08 Å². The van der Waals surface area contributed by atoms with Gasteiger partial charge in [-0.2, -0.15) is 0 Å². The average molecular weight is 513 g/mol. The number of carbonyl (C=O) groups excluding carboxylic acids is 1. The summed E-state index contributed by atoms with van der Waals surface area (Å²) in [5.41, 5.74) is 3.64. The maximum Gasteiger partial charge on any atom is 0.260 e. The number of rotatable bonds is 7. The number of hydrogen-bond donors (Lipinski definition) is 2. The highest BCUT2D eigenvalue weighted by atomic mass is 79.9. The Morgan fingerprint density at radius 2 is 1.94 bits per heavy atom. The molecule has 0 radical (unpaired) electrons. The molecular formula is C25H22BrFN2O2S. The summed E-state index contributed by atoms with van der Waals surface area (Å²) < 4.78 is 19.9. The van der Waals surface area contributed by atoms with Crippen molar-refractivity contribution in [3.05, 3.63) is 98.6 Å². The average Bonchev–Trinajstić information content (AvgIpc) is 3.12. The second kappa shape index (κ2) is 10.2. The van der Waals surface area contributed by atoms with Gasteiger partial charge < -0.3 is 15.4 Å². The van der Waals surface area contributed by atoms with Gasteiger partial charge in [0.25, 0.3) is 5.91 Å². The fourth-order valence-electron chi connectivity index (χ4n) is 3.22. The van der Waals surface area contributed by atoms with Gasteiger partial charge in [-0.25, -0.2) is 4.39 Å². The SMILES string of the molecule is CCc1ccc(N[C@@H]2NC(=O)/C(=C/c3ccc(OCc4cccc(F)c4)c(Br)c3)S2)cc1. The van der Waals surface area contributed by atoms with E-state index in [1.807, 2.05) is 42.5 Å². The molecular weight excluding hydrogens is 491 g/mol. The van der Waals surface area contributed by atoms with Gasteiger partial charge in [-0.15, -0.1) is 0 Å². The van der Waals surface area contributed by atoms with E-state index in [2.05, 4.69) is 45.6 Å². The van der Waals surface area contributed by atoms with Crippen molar-refractivity contribution in [3.63, 3.8) is 0 Å². The molecule has 2 N–H and O–H groups in total. The summed E-state index contributed by atoms with van der Waals surface area (Å²) in [4.78, 5) is 13.0. The second-order valence-corrected chi connectivity index (χ2v) is 9.28. The van der Waals surface area contributed by atoms with Gasteiger partial charge >= 0.3 is 0 Å². The highest BCUT2D eigenvalue weighted by molar-refractivity contribution is 9.10. The molecule has 1 aliphatic rings. The van der Waals surface area contributed by atoms with Crippen molar-refractivity contribution < 1.29 is 13.9 Å². The molecule has 1 heterocycles. The predicted molar refractivity (Wildman–Crippen MR) is 132 cm³/mol. The molecule has 0 bridgehead atoms. The lowest BCUT2D eigenvalue weighted by Gasteiger charge is -2.12. The first-order chi connectivity index (χ1) is 15.5. The van der Waals surface area contributed by atoms with Crippen LogP contribution in [0.1, 0.15) is 23.6 Å². The Labute approximate surface area is 199 Å². The van der Waals surface area contributed by atoms with Crippen LogP contribution >= 0.6 is 27.7 Å². The zero-order valence-corrected chi connectivity index (χ0v) is 19.8. The number of aryl methyl sites for hydroxylation is 1. The highest BCUT2D eigenvalue weighted by Crippen LogP contribution is 2.32. The monoisotopic (exact) mass is 512 g/mol. The Morgan fingerprint density at radius 1 is 1.12 bits per heavy atom. The van der Waals surface area contributed by atoms with Crippen LogP contribution in [0.5, 0.6) is 5.75 Å². The van der Waals surface area contributed by atoms with Gasteiger partial charge in [0.05, 0.1) is 9.38 Å². The first-order valence-corrected chi connectivity index (χ1v) is 11.9. The molecule has 164 valence electrons. The van der Waals surface area contributed by atoms with Crippen LogP contribution in [0, 0.1) is 5.82 Å². The summed E-state index contributed by atoms with van der Waals surface area (Å²) >= 11 is 4.96. The lowest BCUT2D eigenvalue weighted by atomic mass is 10.1. The third kappa shape index (κ3) is 5.72. The number of ether oxygens (including phenoxy) is 1. The summed E-state index contributed by atoms with van der Waals surface area (Å²) in [7, 11) is 0. The normalized spacial score (nSPS) is 16.8. The van der Waals surface area contributed by atoms with Crippen LogP contribution in [0.4, 0.5) is 10.1 Å². The fraction of sp³-hybridized carbons (Fsp3) is 0.160. The molecule has 1 aliphatic heterocycles. The quantitative estimate of drug-likeness (QED) is 0.363. The van der Waals surface area contributed by atoms with E-state index in [4.69, 9.17) is 4.74 Å². The first kappa shape index (κ1) is 22.4. The molecule has 3 aromatic rings. The molecule has 4 rings (SSSR count). The van der Waals surface area contributed by atoms with Crippen LogP contribution in [-0.2, 0) is 17.8 Å². The van der Waals surface area contributed by atoms with Gasteiger partial charge in [-0.05, 0) is 81.5 Å². The smallest absolute Gasteiger partial charge is 0.260 e. The van der Waals surface area contributed by atoms with Gasteiger partial charge in [-0.1, -0.05) is 49.0 Å². The number of halogens is 2. The summed E-state index contributed by atoms with van der Waals surface area (Å²) in [6, 6.07) is 20.1. The fourth-order valence-corrected chi connectivity index (χ4v) is 4.71. The van der Waals surface area contributed by atoms with Crippen molar-refractivity contribution in [2.24, 2.45) is 0 Å². The van der Waals surface area contributed by atoms with Crippen LogP contribution < -0.4 is 15.4 Å². The Kier molecular flexibility index (Phi) is 7.17. The van der Waals surface area contributed by atoms with Crippen LogP contribution in [0.15, 0.2) is 76.1 Å². The number of nitrogens with one attached hydrogen (secondary N) is 2. The van der Waals surface area contributed by atoms with Crippen molar-refractivity contribution in [1.82, 2.24) is 5.32 Å². The third-order valence-corrected chi connectivity index (χ3v) is 6.58. The molecule has 0 aliphatic carbocycles. The summed E-state index contributed by atoms with van der Waals surface area (Å²) in [5.74, 6) is 0.250. The van der Waals surface area contributed by atoms with Crippen molar-refractivity contribution >= 4 is 45.4 Å². The number of hydrogen-bond acceptors (Lipinski definition) is 4. The molecule has 4 nitrogen and oxygen atoms in total. The zero-order valence-electron chi connectivity index (χ0n) is 17.4. The van der Waals surface area contributed by atoms with Crippen LogP contribution in [0.2, 0.25) is 0 Å². The predicted octanol–water partition coefficient (Wildman–Crippen LogP) is 6.33. The van der Waals surface area contributed by atoms with Gasteiger partial charge in [-0.3, -0.25) is 4.79 Å². The Bertz CT molecular complexity index is 1150. The molecule has 0 aromatic heterocycles.